The van der Waals surface area contributed by atoms with E-state index in [0.29, 0.717) is 33.9 Å². The minimum Gasteiger partial charge on any atom is -0.486 e. The number of rotatable bonds is 8. The lowest BCUT2D eigenvalue weighted by Crippen LogP contribution is -2.34. The van der Waals surface area contributed by atoms with E-state index in [4.69, 9.17) is 32.7 Å². The maximum absolute atomic E-state index is 6.29. The third-order valence-corrected chi connectivity index (χ3v) is 6.72. The highest BCUT2D eigenvalue weighted by Gasteiger charge is 2.17. The van der Waals surface area contributed by atoms with Crippen LogP contribution in [0, 0.1) is 0 Å². The largest absolute Gasteiger partial charge is 0.486 e. The second-order valence-corrected chi connectivity index (χ2v) is 9.46. The van der Waals surface area contributed by atoms with Crippen molar-refractivity contribution in [3.63, 3.8) is 0 Å². The summed E-state index contributed by atoms with van der Waals surface area (Å²) in [5.74, 6) is 0.677. The zero-order chi connectivity index (χ0) is 24.9. The van der Waals surface area contributed by atoms with Gasteiger partial charge in [0.2, 0.25) is 0 Å². The van der Waals surface area contributed by atoms with Crippen molar-refractivity contribution in [1.82, 2.24) is 30.7 Å². The summed E-state index contributed by atoms with van der Waals surface area (Å²) >= 11 is 12.6. The lowest BCUT2D eigenvalue weighted by atomic mass is 10.1. The van der Waals surface area contributed by atoms with Crippen molar-refractivity contribution < 1.29 is 9.47 Å². The van der Waals surface area contributed by atoms with Crippen LogP contribution >= 0.6 is 23.2 Å². The summed E-state index contributed by atoms with van der Waals surface area (Å²) < 4.78 is 11.5. The first kappa shape index (κ1) is 24.6. The lowest BCUT2D eigenvalue weighted by Gasteiger charge is -2.22. The number of aromatic nitrogens is 5. The molecular formula is C26H26Cl2N6O2. The highest BCUT2D eigenvalue weighted by molar-refractivity contribution is 6.35. The van der Waals surface area contributed by atoms with Gasteiger partial charge < -0.3 is 14.8 Å². The molecule has 1 fully saturated rings. The number of benzene rings is 1. The van der Waals surface area contributed by atoms with Crippen molar-refractivity contribution in [1.29, 1.82) is 0 Å². The van der Waals surface area contributed by atoms with Crippen LogP contribution in [0.25, 0.3) is 23.1 Å². The van der Waals surface area contributed by atoms with Crippen molar-refractivity contribution in [2.45, 2.75) is 38.5 Å². The monoisotopic (exact) mass is 524 g/mol. The molecule has 1 aromatic carbocycles. The Bertz CT molecular complexity index is 1330. The summed E-state index contributed by atoms with van der Waals surface area (Å²) in [6, 6.07) is 10.2. The van der Waals surface area contributed by atoms with Gasteiger partial charge in [0.05, 0.1) is 32.6 Å². The fraction of sp³-hybridized carbons (Fsp3) is 0.308. The Labute approximate surface area is 219 Å². The fourth-order valence-corrected chi connectivity index (χ4v) is 4.83. The summed E-state index contributed by atoms with van der Waals surface area (Å²) in [7, 11) is 0. The van der Waals surface area contributed by atoms with E-state index in [1.165, 1.54) is 0 Å². The number of hydrogen-bond acceptors (Lipinski definition) is 7. The molecule has 10 heteroatoms. The van der Waals surface area contributed by atoms with Crippen molar-refractivity contribution in [3.05, 3.63) is 75.4 Å². The third-order valence-electron chi connectivity index (χ3n) is 6.12. The normalized spacial score (nSPS) is 15.5. The summed E-state index contributed by atoms with van der Waals surface area (Å²) in [5.41, 5.74) is 4.04. The molecule has 186 valence electrons. The molecule has 3 aromatic heterocycles. The van der Waals surface area contributed by atoms with Crippen molar-refractivity contribution in [2.75, 3.05) is 13.2 Å². The molecular weight excluding hydrogens is 499 g/mol. The SMILES string of the molecule is C[C@@H](Oc1ccc2[nH]nc(/C=C/c3ccc(CNC4CCOCC4)nn3)c2c1)c1c(Cl)cncc1Cl. The predicted octanol–water partition coefficient (Wildman–Crippen LogP) is 5.63. The lowest BCUT2D eigenvalue weighted by molar-refractivity contribution is 0.0775. The van der Waals surface area contributed by atoms with E-state index < -0.39 is 0 Å². The topological polar surface area (TPSA) is 97.8 Å². The van der Waals surface area contributed by atoms with Crippen LogP contribution in [0.15, 0.2) is 42.7 Å². The summed E-state index contributed by atoms with van der Waals surface area (Å²) in [6.45, 7) is 4.22. The molecule has 1 aliphatic heterocycles. The highest BCUT2D eigenvalue weighted by atomic mass is 35.5. The molecule has 1 aliphatic rings. The van der Waals surface area contributed by atoms with Gasteiger partial charge in [0.25, 0.3) is 0 Å². The van der Waals surface area contributed by atoms with Gasteiger partial charge in [-0.2, -0.15) is 15.3 Å². The van der Waals surface area contributed by atoms with E-state index in [1.54, 1.807) is 12.4 Å². The Hall–Kier alpha value is -3.04. The zero-order valence-corrected chi connectivity index (χ0v) is 21.3. The molecule has 8 nitrogen and oxygen atoms in total. The summed E-state index contributed by atoms with van der Waals surface area (Å²) in [6.07, 6.45) is 8.63. The number of pyridine rings is 1. The number of fused-ring (bicyclic) bond motifs is 1. The van der Waals surface area contributed by atoms with Gasteiger partial charge in [-0.3, -0.25) is 10.1 Å². The maximum Gasteiger partial charge on any atom is 0.124 e. The summed E-state index contributed by atoms with van der Waals surface area (Å²) in [4.78, 5) is 4.00. The number of hydrogen-bond donors (Lipinski definition) is 2. The standard InChI is InChI=1S/C26H26Cl2N6O2/c1-16(26-22(27)14-29-15-23(26)28)36-20-5-7-25-21(12-20)24(33-34-25)6-4-18-2-3-19(32-31-18)13-30-17-8-10-35-11-9-17/h2-7,12,14-17,30H,8-11,13H2,1H3,(H,33,34)/b6-4+/t16-/m1/s1. The molecule has 0 radical (unpaired) electrons. The Balaban J connectivity index is 1.26. The molecule has 0 unspecified atom stereocenters. The smallest absolute Gasteiger partial charge is 0.124 e. The first-order valence-corrected chi connectivity index (χ1v) is 12.6. The maximum atomic E-state index is 6.29. The zero-order valence-electron chi connectivity index (χ0n) is 19.7. The second kappa shape index (κ2) is 11.3. The van der Waals surface area contributed by atoms with Gasteiger partial charge >= 0.3 is 0 Å². The third kappa shape index (κ3) is 5.84. The van der Waals surface area contributed by atoms with Crippen molar-refractivity contribution in [3.8, 4) is 5.75 Å². The van der Waals surface area contributed by atoms with E-state index in [0.717, 1.165) is 54.0 Å². The van der Waals surface area contributed by atoms with Crippen molar-refractivity contribution >= 4 is 46.3 Å². The Kier molecular flexibility index (Phi) is 7.77. The number of nitrogens with one attached hydrogen (secondary N) is 2. The Morgan fingerprint density at radius 1 is 1.11 bits per heavy atom. The minimum atomic E-state index is -0.355. The number of H-pyrrole nitrogens is 1. The van der Waals surface area contributed by atoms with E-state index in [2.05, 4.69) is 30.7 Å². The van der Waals surface area contributed by atoms with Crippen LogP contribution < -0.4 is 10.1 Å². The molecule has 2 N–H and O–H groups in total. The van der Waals surface area contributed by atoms with Gasteiger partial charge in [-0.05, 0) is 62.2 Å². The Morgan fingerprint density at radius 2 is 1.92 bits per heavy atom. The van der Waals surface area contributed by atoms with E-state index in [-0.39, 0.29) is 6.10 Å². The van der Waals surface area contributed by atoms with Gasteiger partial charge in [0.1, 0.15) is 11.9 Å². The molecule has 0 aliphatic carbocycles. The van der Waals surface area contributed by atoms with Crippen LogP contribution in [0.2, 0.25) is 10.0 Å². The first-order valence-electron chi connectivity index (χ1n) is 11.8. The first-order chi connectivity index (χ1) is 17.6. The second-order valence-electron chi connectivity index (χ2n) is 8.64. The van der Waals surface area contributed by atoms with Crippen molar-refractivity contribution in [2.24, 2.45) is 0 Å². The number of nitrogens with zero attached hydrogens (tertiary/aromatic N) is 4. The van der Waals surface area contributed by atoms with Gasteiger partial charge in [-0.1, -0.05) is 23.2 Å². The molecule has 0 amide bonds. The van der Waals surface area contributed by atoms with E-state index in [9.17, 15) is 0 Å². The Morgan fingerprint density at radius 3 is 2.67 bits per heavy atom. The molecule has 1 saturated heterocycles. The van der Waals surface area contributed by atoms with Gasteiger partial charge in [-0.15, -0.1) is 0 Å². The minimum absolute atomic E-state index is 0.355. The molecule has 36 heavy (non-hydrogen) atoms. The number of ether oxygens (including phenoxy) is 2. The average Bonchev–Trinajstić information content (AvgIpc) is 3.29. The molecule has 0 bridgehead atoms. The molecule has 0 spiro atoms. The molecule has 4 heterocycles. The molecule has 1 atom stereocenters. The highest BCUT2D eigenvalue weighted by Crippen LogP contribution is 2.33. The van der Waals surface area contributed by atoms with Crippen LogP contribution in [0.3, 0.4) is 0 Å². The van der Waals surface area contributed by atoms with Gasteiger partial charge in [0.15, 0.2) is 0 Å². The van der Waals surface area contributed by atoms with Crippen LogP contribution in [0.5, 0.6) is 5.75 Å². The van der Waals surface area contributed by atoms with Crippen LogP contribution in [0.1, 0.15) is 48.5 Å². The quantitative estimate of drug-likeness (QED) is 0.308. The fourth-order valence-electron chi connectivity index (χ4n) is 4.15. The van der Waals surface area contributed by atoms with E-state index >= 15 is 0 Å². The van der Waals surface area contributed by atoms with Crippen LogP contribution in [-0.2, 0) is 11.3 Å². The van der Waals surface area contributed by atoms with Gasteiger partial charge in [-0.25, -0.2) is 0 Å². The summed E-state index contributed by atoms with van der Waals surface area (Å²) in [5, 5.41) is 21.5. The predicted molar refractivity (Wildman–Crippen MR) is 141 cm³/mol. The average molecular weight is 525 g/mol. The van der Waals surface area contributed by atoms with Crippen LogP contribution in [0.4, 0.5) is 0 Å². The number of halogens is 2. The molecule has 5 rings (SSSR count). The van der Waals surface area contributed by atoms with E-state index in [1.807, 2.05) is 49.4 Å². The number of aromatic amines is 1. The van der Waals surface area contributed by atoms with Gasteiger partial charge in [0, 0.05) is 49.1 Å². The molecule has 0 saturated carbocycles. The van der Waals surface area contributed by atoms with Crippen LogP contribution in [-0.4, -0.2) is 44.6 Å². The molecule has 4 aromatic rings.